The van der Waals surface area contributed by atoms with Crippen molar-refractivity contribution in [2.45, 2.75) is 37.9 Å². The van der Waals surface area contributed by atoms with Gasteiger partial charge in [0.05, 0.1) is 6.10 Å². The Bertz CT molecular complexity index is 257. The highest BCUT2D eigenvalue weighted by Gasteiger charge is 2.30. The molecular formula is C12H22N2O2S. The van der Waals surface area contributed by atoms with Gasteiger partial charge in [-0.2, -0.15) is 11.8 Å². The topological polar surface area (TPSA) is 64.4 Å². The Balaban J connectivity index is 1.66. The van der Waals surface area contributed by atoms with E-state index in [1.165, 1.54) is 24.3 Å². The van der Waals surface area contributed by atoms with Crippen LogP contribution in [-0.2, 0) is 9.53 Å². The molecular weight excluding hydrogens is 236 g/mol. The van der Waals surface area contributed by atoms with Crippen LogP contribution in [0.15, 0.2) is 0 Å². The number of carbonyl (C=O) groups is 1. The van der Waals surface area contributed by atoms with Gasteiger partial charge < -0.3 is 15.8 Å². The van der Waals surface area contributed by atoms with Gasteiger partial charge in [0.25, 0.3) is 0 Å². The molecule has 2 aliphatic rings. The van der Waals surface area contributed by atoms with Crippen LogP contribution in [0.25, 0.3) is 0 Å². The van der Waals surface area contributed by atoms with Crippen molar-refractivity contribution in [3.05, 3.63) is 0 Å². The summed E-state index contributed by atoms with van der Waals surface area (Å²) in [4.78, 5) is 11.9. The minimum atomic E-state index is -0.262. The summed E-state index contributed by atoms with van der Waals surface area (Å²) in [5.74, 6) is 3.18. The third-order valence-electron chi connectivity index (χ3n) is 3.57. The summed E-state index contributed by atoms with van der Waals surface area (Å²) in [6.07, 6.45) is 3.99. The second-order valence-electron chi connectivity index (χ2n) is 4.86. The molecule has 2 rings (SSSR count). The first kappa shape index (κ1) is 13.2. The average molecular weight is 258 g/mol. The summed E-state index contributed by atoms with van der Waals surface area (Å²) in [6, 6.07) is 0. The first-order valence-corrected chi connectivity index (χ1v) is 7.66. The number of nitrogens with one attached hydrogen (secondary N) is 1. The van der Waals surface area contributed by atoms with Gasteiger partial charge in [-0.25, -0.2) is 0 Å². The predicted molar refractivity (Wildman–Crippen MR) is 70.0 cm³/mol. The van der Waals surface area contributed by atoms with Crippen molar-refractivity contribution in [3.63, 3.8) is 0 Å². The molecule has 2 fully saturated rings. The fourth-order valence-electron chi connectivity index (χ4n) is 2.38. The maximum absolute atomic E-state index is 11.9. The third kappa shape index (κ3) is 3.86. The molecule has 0 spiro atoms. The summed E-state index contributed by atoms with van der Waals surface area (Å²) in [5.41, 5.74) is 5.53. The van der Waals surface area contributed by atoms with Crippen molar-refractivity contribution < 1.29 is 9.53 Å². The van der Waals surface area contributed by atoms with Gasteiger partial charge >= 0.3 is 0 Å². The van der Waals surface area contributed by atoms with Gasteiger partial charge in [-0.15, -0.1) is 0 Å². The van der Waals surface area contributed by atoms with Gasteiger partial charge in [-0.1, -0.05) is 0 Å². The smallest absolute Gasteiger partial charge is 0.249 e. The van der Waals surface area contributed by atoms with Gasteiger partial charge in [0, 0.05) is 13.1 Å². The van der Waals surface area contributed by atoms with Gasteiger partial charge in [-0.05, 0) is 43.1 Å². The van der Waals surface area contributed by atoms with Gasteiger partial charge in [0.1, 0.15) is 6.10 Å². The van der Waals surface area contributed by atoms with Crippen molar-refractivity contribution in [2.75, 3.05) is 24.6 Å². The lowest BCUT2D eigenvalue weighted by Gasteiger charge is -2.22. The molecule has 3 N–H and O–H groups in total. The molecule has 17 heavy (non-hydrogen) atoms. The Morgan fingerprint density at radius 1 is 1.29 bits per heavy atom. The van der Waals surface area contributed by atoms with Crippen LogP contribution in [0, 0.1) is 5.92 Å². The molecule has 1 amide bonds. The van der Waals surface area contributed by atoms with Crippen LogP contribution < -0.4 is 11.1 Å². The van der Waals surface area contributed by atoms with Crippen LogP contribution in [0.4, 0.5) is 0 Å². The fraction of sp³-hybridized carbons (Fsp3) is 0.917. The van der Waals surface area contributed by atoms with Crippen LogP contribution in [0.3, 0.4) is 0 Å². The molecule has 0 aromatic heterocycles. The summed E-state index contributed by atoms with van der Waals surface area (Å²) in [5, 5.41) is 3.02. The van der Waals surface area contributed by atoms with Crippen LogP contribution in [-0.4, -0.2) is 42.7 Å². The van der Waals surface area contributed by atoms with Crippen LogP contribution in [0.2, 0.25) is 0 Å². The number of carbonyl (C=O) groups excluding carboxylic acids is 1. The molecule has 0 aromatic carbocycles. The Morgan fingerprint density at radius 3 is 2.71 bits per heavy atom. The molecule has 2 unspecified atom stereocenters. The van der Waals surface area contributed by atoms with Crippen molar-refractivity contribution >= 4 is 17.7 Å². The number of rotatable bonds is 4. The number of thioether (sulfide) groups is 1. The Kier molecular flexibility index (Phi) is 5.13. The lowest BCUT2D eigenvalue weighted by molar-refractivity contribution is -0.132. The highest BCUT2D eigenvalue weighted by atomic mass is 32.2. The molecule has 2 heterocycles. The van der Waals surface area contributed by atoms with Gasteiger partial charge in [0.2, 0.25) is 5.91 Å². The van der Waals surface area contributed by atoms with E-state index in [0.717, 1.165) is 19.4 Å². The zero-order valence-electron chi connectivity index (χ0n) is 10.2. The summed E-state index contributed by atoms with van der Waals surface area (Å²) < 4.78 is 5.57. The second-order valence-corrected chi connectivity index (χ2v) is 6.09. The summed E-state index contributed by atoms with van der Waals surface area (Å²) >= 11 is 2.01. The molecule has 0 aliphatic carbocycles. The van der Waals surface area contributed by atoms with Crippen LogP contribution >= 0.6 is 11.8 Å². The maximum atomic E-state index is 11.9. The monoisotopic (exact) mass is 258 g/mol. The Labute approximate surface area is 107 Å². The molecule has 0 bridgehead atoms. The average Bonchev–Trinajstić information content (AvgIpc) is 2.86. The number of nitrogens with two attached hydrogens (primary N) is 1. The first-order valence-electron chi connectivity index (χ1n) is 6.50. The molecule has 2 aliphatic heterocycles. The first-order chi connectivity index (χ1) is 8.29. The molecule has 2 atom stereocenters. The van der Waals surface area contributed by atoms with Crippen LogP contribution in [0.5, 0.6) is 0 Å². The summed E-state index contributed by atoms with van der Waals surface area (Å²) in [7, 11) is 0. The van der Waals surface area contributed by atoms with E-state index in [4.69, 9.17) is 10.5 Å². The zero-order chi connectivity index (χ0) is 12.1. The largest absolute Gasteiger partial charge is 0.364 e. The highest BCUT2D eigenvalue weighted by molar-refractivity contribution is 7.99. The van der Waals surface area contributed by atoms with Gasteiger partial charge in [-0.3, -0.25) is 4.79 Å². The highest BCUT2D eigenvalue weighted by Crippen LogP contribution is 2.22. The summed E-state index contributed by atoms with van der Waals surface area (Å²) in [6.45, 7) is 1.33. The van der Waals surface area contributed by atoms with Crippen LogP contribution in [0.1, 0.15) is 25.7 Å². The number of amides is 1. The fourth-order valence-corrected chi connectivity index (χ4v) is 3.59. The zero-order valence-corrected chi connectivity index (χ0v) is 11.0. The van der Waals surface area contributed by atoms with Gasteiger partial charge in [0.15, 0.2) is 0 Å². The van der Waals surface area contributed by atoms with E-state index in [1.54, 1.807) is 0 Å². The SMILES string of the molecule is NCC1CCC(C(=O)NCC2CCSCC2)O1. The standard InChI is InChI=1S/C12H22N2O2S/c13-7-10-1-2-11(16-10)12(15)14-8-9-3-5-17-6-4-9/h9-11H,1-8,13H2,(H,14,15). The van der Waals surface area contributed by atoms with E-state index in [2.05, 4.69) is 5.32 Å². The van der Waals surface area contributed by atoms with Crippen molar-refractivity contribution in [1.29, 1.82) is 0 Å². The molecule has 0 aromatic rings. The number of hydrogen-bond acceptors (Lipinski definition) is 4. The molecule has 0 saturated carbocycles. The minimum absolute atomic E-state index is 0.0548. The molecule has 4 nitrogen and oxygen atoms in total. The van der Waals surface area contributed by atoms with Crippen molar-refractivity contribution in [2.24, 2.45) is 11.7 Å². The normalized spacial score (nSPS) is 30.4. The third-order valence-corrected chi connectivity index (χ3v) is 4.62. The van der Waals surface area contributed by atoms with E-state index >= 15 is 0 Å². The lowest BCUT2D eigenvalue weighted by atomic mass is 10.0. The van der Waals surface area contributed by atoms with E-state index in [-0.39, 0.29) is 18.1 Å². The Morgan fingerprint density at radius 2 is 2.06 bits per heavy atom. The molecule has 5 heteroatoms. The maximum Gasteiger partial charge on any atom is 0.249 e. The van der Waals surface area contributed by atoms with E-state index in [9.17, 15) is 4.79 Å². The molecule has 0 radical (unpaired) electrons. The number of hydrogen-bond donors (Lipinski definition) is 2. The Hall–Kier alpha value is -0.260. The van der Waals surface area contributed by atoms with E-state index in [1.807, 2.05) is 11.8 Å². The van der Waals surface area contributed by atoms with Crippen molar-refractivity contribution in [3.8, 4) is 0 Å². The van der Waals surface area contributed by atoms with E-state index < -0.39 is 0 Å². The predicted octanol–water partition coefficient (Wildman–Crippen LogP) is 0.752. The van der Waals surface area contributed by atoms with Crippen molar-refractivity contribution in [1.82, 2.24) is 5.32 Å². The molecule has 2 saturated heterocycles. The second kappa shape index (κ2) is 6.61. The lowest BCUT2D eigenvalue weighted by Crippen LogP contribution is -2.38. The minimum Gasteiger partial charge on any atom is -0.364 e. The van der Waals surface area contributed by atoms with E-state index in [0.29, 0.717) is 12.5 Å². The molecule has 98 valence electrons. The number of ether oxygens (including phenoxy) is 1. The quantitative estimate of drug-likeness (QED) is 0.781.